The van der Waals surface area contributed by atoms with E-state index in [-0.39, 0.29) is 16.9 Å². The Hall–Kier alpha value is -1.93. The minimum Gasteiger partial charge on any atom is -0.477 e. The third-order valence-electron chi connectivity index (χ3n) is 2.85. The number of carboxylic acid groups (broad SMARTS) is 1. The molecular formula is C13H11BrN2O4S. The van der Waals surface area contributed by atoms with Gasteiger partial charge in [-0.1, -0.05) is 6.07 Å². The van der Waals surface area contributed by atoms with Crippen LogP contribution in [0.3, 0.4) is 0 Å². The van der Waals surface area contributed by atoms with E-state index in [1.165, 1.54) is 23.5 Å². The number of hydrogen-bond acceptors (Lipinski definition) is 5. The third-order valence-corrected chi connectivity index (χ3v) is 4.54. The molecule has 0 atom stereocenters. The van der Waals surface area contributed by atoms with E-state index in [9.17, 15) is 14.9 Å². The van der Waals surface area contributed by atoms with Crippen molar-refractivity contribution >= 4 is 44.6 Å². The van der Waals surface area contributed by atoms with Gasteiger partial charge in [0.25, 0.3) is 0 Å². The Labute approximate surface area is 132 Å². The van der Waals surface area contributed by atoms with Crippen molar-refractivity contribution in [2.24, 2.45) is 0 Å². The molecule has 1 N–H and O–H groups in total. The van der Waals surface area contributed by atoms with E-state index in [4.69, 9.17) is 5.11 Å². The number of halogens is 1. The lowest BCUT2D eigenvalue weighted by molar-refractivity contribution is -0.384. The van der Waals surface area contributed by atoms with Gasteiger partial charge in [0.1, 0.15) is 11.3 Å². The van der Waals surface area contributed by atoms with E-state index < -0.39 is 10.9 Å². The van der Waals surface area contributed by atoms with Crippen molar-refractivity contribution in [3.8, 4) is 0 Å². The second kappa shape index (κ2) is 6.23. The molecule has 0 unspecified atom stereocenters. The van der Waals surface area contributed by atoms with E-state index in [1.807, 2.05) is 11.4 Å². The van der Waals surface area contributed by atoms with Crippen LogP contribution in [0.15, 0.2) is 34.1 Å². The lowest BCUT2D eigenvalue weighted by atomic mass is 10.1. The van der Waals surface area contributed by atoms with Gasteiger partial charge in [0.05, 0.1) is 11.5 Å². The first-order valence-electron chi connectivity index (χ1n) is 5.85. The predicted molar refractivity (Wildman–Crippen MR) is 84.2 cm³/mol. The Balaban J connectivity index is 2.40. The first kappa shape index (κ1) is 15.5. The lowest BCUT2D eigenvalue weighted by Gasteiger charge is -2.18. The quantitative estimate of drug-likeness (QED) is 0.639. The minimum atomic E-state index is -1.31. The molecular weight excluding hydrogens is 360 g/mol. The fourth-order valence-corrected chi connectivity index (χ4v) is 3.46. The fourth-order valence-electron chi connectivity index (χ4n) is 1.96. The van der Waals surface area contributed by atoms with Crippen molar-refractivity contribution in [1.29, 1.82) is 0 Å². The lowest BCUT2D eigenvalue weighted by Crippen LogP contribution is -2.18. The van der Waals surface area contributed by atoms with Gasteiger partial charge >= 0.3 is 11.7 Å². The van der Waals surface area contributed by atoms with Crippen LogP contribution in [0.2, 0.25) is 0 Å². The molecule has 2 rings (SSSR count). The topological polar surface area (TPSA) is 83.7 Å². The number of nitrogens with zero attached hydrogens (tertiary/aromatic N) is 2. The van der Waals surface area contributed by atoms with E-state index in [0.29, 0.717) is 6.54 Å². The number of hydrogen-bond donors (Lipinski definition) is 1. The summed E-state index contributed by atoms with van der Waals surface area (Å²) >= 11 is 4.88. The van der Waals surface area contributed by atoms with Crippen molar-refractivity contribution in [2.75, 3.05) is 11.9 Å². The van der Waals surface area contributed by atoms with Gasteiger partial charge < -0.3 is 10.0 Å². The maximum absolute atomic E-state index is 11.2. The molecule has 0 spiro atoms. The Morgan fingerprint density at radius 3 is 2.76 bits per heavy atom. The van der Waals surface area contributed by atoms with Crippen LogP contribution in [0.4, 0.5) is 11.4 Å². The molecule has 0 aliphatic carbocycles. The normalized spacial score (nSPS) is 10.4. The standard InChI is InChI=1S/C13H11BrN2O4S/c1-15(6-9-5-8(14)7-21-9)11-4-2-3-10(13(17)18)12(11)16(19)20/h2-5,7H,6H2,1H3,(H,17,18). The Bertz CT molecular complexity index is 701. The van der Waals surface area contributed by atoms with Crippen LogP contribution in [-0.4, -0.2) is 23.0 Å². The van der Waals surface area contributed by atoms with Crippen LogP contribution in [-0.2, 0) is 6.54 Å². The molecule has 21 heavy (non-hydrogen) atoms. The minimum absolute atomic E-state index is 0.282. The Morgan fingerprint density at radius 1 is 1.52 bits per heavy atom. The van der Waals surface area contributed by atoms with Crippen LogP contribution in [0, 0.1) is 10.1 Å². The molecule has 8 heteroatoms. The molecule has 1 heterocycles. The fraction of sp³-hybridized carbons (Fsp3) is 0.154. The highest BCUT2D eigenvalue weighted by Gasteiger charge is 2.26. The molecule has 1 aromatic heterocycles. The number of carboxylic acids is 1. The van der Waals surface area contributed by atoms with Gasteiger partial charge in [-0.05, 0) is 34.1 Å². The van der Waals surface area contributed by atoms with Gasteiger partial charge in [0.2, 0.25) is 0 Å². The van der Waals surface area contributed by atoms with E-state index in [0.717, 1.165) is 9.35 Å². The average molecular weight is 371 g/mol. The molecule has 0 fully saturated rings. The SMILES string of the molecule is CN(Cc1cc(Br)cs1)c1cccc(C(=O)O)c1[N+](=O)[O-]. The number of carbonyl (C=O) groups is 1. The molecule has 6 nitrogen and oxygen atoms in total. The summed E-state index contributed by atoms with van der Waals surface area (Å²) in [6.07, 6.45) is 0. The number of anilines is 1. The van der Waals surface area contributed by atoms with Gasteiger partial charge in [0.15, 0.2) is 0 Å². The highest BCUT2D eigenvalue weighted by molar-refractivity contribution is 9.10. The second-order valence-corrected chi connectivity index (χ2v) is 6.23. The van der Waals surface area contributed by atoms with Crippen molar-refractivity contribution in [3.05, 3.63) is 54.7 Å². The molecule has 0 saturated carbocycles. The second-order valence-electron chi connectivity index (χ2n) is 4.32. The van der Waals surface area contributed by atoms with Crippen LogP contribution in [0.5, 0.6) is 0 Å². The summed E-state index contributed by atoms with van der Waals surface area (Å²) in [5, 5.41) is 22.2. The number of para-hydroxylation sites is 1. The molecule has 0 bridgehead atoms. The third kappa shape index (κ3) is 3.40. The monoisotopic (exact) mass is 370 g/mol. The maximum atomic E-state index is 11.2. The largest absolute Gasteiger partial charge is 0.477 e. The number of rotatable bonds is 5. The van der Waals surface area contributed by atoms with E-state index in [2.05, 4.69) is 15.9 Å². The van der Waals surface area contributed by atoms with Gasteiger partial charge in [-0.3, -0.25) is 10.1 Å². The summed E-state index contributed by atoms with van der Waals surface area (Å²) in [6.45, 7) is 0.459. The maximum Gasteiger partial charge on any atom is 0.342 e. The number of benzene rings is 1. The zero-order chi connectivity index (χ0) is 15.6. The van der Waals surface area contributed by atoms with Crippen LogP contribution in [0.1, 0.15) is 15.2 Å². The molecule has 1 aromatic carbocycles. The number of thiophene rings is 1. The number of aromatic carboxylic acids is 1. The van der Waals surface area contributed by atoms with Crippen molar-refractivity contribution in [2.45, 2.75) is 6.54 Å². The van der Waals surface area contributed by atoms with Gasteiger partial charge in [-0.25, -0.2) is 4.79 Å². The average Bonchev–Trinajstić information content (AvgIpc) is 2.82. The molecule has 110 valence electrons. The van der Waals surface area contributed by atoms with E-state index >= 15 is 0 Å². The summed E-state index contributed by atoms with van der Waals surface area (Å²) in [4.78, 5) is 24.4. The summed E-state index contributed by atoms with van der Waals surface area (Å²) in [6, 6.07) is 6.22. The highest BCUT2D eigenvalue weighted by Crippen LogP contribution is 2.33. The zero-order valence-corrected chi connectivity index (χ0v) is 13.3. The van der Waals surface area contributed by atoms with Crippen LogP contribution >= 0.6 is 27.3 Å². The molecule has 0 aliphatic heterocycles. The summed E-state index contributed by atoms with van der Waals surface area (Å²) in [7, 11) is 1.70. The Kier molecular flexibility index (Phi) is 4.59. The summed E-state index contributed by atoms with van der Waals surface area (Å²) in [5.41, 5.74) is -0.413. The van der Waals surface area contributed by atoms with Gasteiger partial charge in [-0.2, -0.15) is 0 Å². The first-order chi connectivity index (χ1) is 9.90. The smallest absolute Gasteiger partial charge is 0.342 e. The Morgan fingerprint density at radius 2 is 2.24 bits per heavy atom. The van der Waals surface area contributed by atoms with Gasteiger partial charge in [0, 0.05) is 21.8 Å². The molecule has 0 saturated heterocycles. The van der Waals surface area contributed by atoms with Crippen LogP contribution in [0.25, 0.3) is 0 Å². The molecule has 0 amide bonds. The number of nitro groups is 1. The van der Waals surface area contributed by atoms with Crippen molar-refractivity contribution in [3.63, 3.8) is 0 Å². The highest BCUT2D eigenvalue weighted by atomic mass is 79.9. The summed E-state index contributed by atoms with van der Waals surface area (Å²) < 4.78 is 0.949. The first-order valence-corrected chi connectivity index (χ1v) is 7.52. The molecule has 2 aromatic rings. The molecule has 0 aliphatic rings. The van der Waals surface area contributed by atoms with Crippen molar-refractivity contribution < 1.29 is 14.8 Å². The van der Waals surface area contributed by atoms with Crippen molar-refractivity contribution in [1.82, 2.24) is 0 Å². The van der Waals surface area contributed by atoms with E-state index in [1.54, 1.807) is 18.0 Å². The van der Waals surface area contributed by atoms with Gasteiger partial charge in [-0.15, -0.1) is 11.3 Å². The predicted octanol–water partition coefficient (Wildman–Crippen LogP) is 3.75. The summed E-state index contributed by atoms with van der Waals surface area (Å²) in [5.74, 6) is -1.31. The molecule has 0 radical (unpaired) electrons. The zero-order valence-electron chi connectivity index (χ0n) is 10.9. The number of nitro benzene ring substituents is 1. The van der Waals surface area contributed by atoms with Crippen LogP contribution < -0.4 is 4.90 Å².